The summed E-state index contributed by atoms with van der Waals surface area (Å²) in [5.41, 5.74) is 6.33. The molecule has 0 atom stereocenters. The van der Waals surface area contributed by atoms with Crippen LogP contribution in [0.2, 0.25) is 0 Å². The lowest BCUT2D eigenvalue weighted by atomic mass is 9.87. The predicted molar refractivity (Wildman–Crippen MR) is 59.8 cm³/mol. The summed E-state index contributed by atoms with van der Waals surface area (Å²) in [6.45, 7) is 6.36. The number of carbonyl (C=O) groups excluding carboxylic acids is 1. The summed E-state index contributed by atoms with van der Waals surface area (Å²) in [6, 6.07) is 7.69. The molecule has 0 saturated carbocycles. The van der Waals surface area contributed by atoms with E-state index in [1.165, 1.54) is 5.56 Å². The molecule has 0 bridgehead atoms. The Balaban J connectivity index is 2.69. The molecule has 0 radical (unpaired) electrons. The molecule has 0 spiro atoms. The Morgan fingerprint density at radius 1 is 1.27 bits per heavy atom. The Bertz CT molecular complexity index is 336. The normalized spacial score (nSPS) is 11.1. The number of amides is 1. The van der Waals surface area contributed by atoms with E-state index in [0.717, 1.165) is 0 Å². The smallest absolute Gasteiger partial charge is 0.255 e. The Kier molecular flexibility index (Phi) is 3.35. The SMILES string of the molecule is CC(C)(C)c1ccc(OCC(N)=O)cc1. The highest BCUT2D eigenvalue weighted by Gasteiger charge is 2.12. The molecular weight excluding hydrogens is 190 g/mol. The number of hydrogen-bond donors (Lipinski definition) is 1. The minimum absolute atomic E-state index is 0.0745. The lowest BCUT2D eigenvalue weighted by Crippen LogP contribution is -2.20. The fraction of sp³-hybridized carbons (Fsp3) is 0.417. The lowest BCUT2D eigenvalue weighted by Gasteiger charge is -2.19. The molecule has 3 heteroatoms. The van der Waals surface area contributed by atoms with Crippen LogP contribution in [0.3, 0.4) is 0 Å². The van der Waals surface area contributed by atoms with Crippen molar-refractivity contribution in [2.24, 2.45) is 5.73 Å². The topological polar surface area (TPSA) is 52.3 Å². The molecule has 0 aliphatic heterocycles. The van der Waals surface area contributed by atoms with Gasteiger partial charge in [0.2, 0.25) is 0 Å². The van der Waals surface area contributed by atoms with Gasteiger partial charge < -0.3 is 10.5 Å². The highest BCUT2D eigenvalue weighted by molar-refractivity contribution is 5.75. The van der Waals surface area contributed by atoms with Crippen LogP contribution < -0.4 is 10.5 Å². The van der Waals surface area contributed by atoms with E-state index in [4.69, 9.17) is 10.5 Å². The van der Waals surface area contributed by atoms with Gasteiger partial charge in [0.15, 0.2) is 6.61 Å². The third kappa shape index (κ3) is 3.62. The average Bonchev–Trinajstić information content (AvgIpc) is 2.14. The minimum Gasteiger partial charge on any atom is -0.484 e. The Morgan fingerprint density at radius 3 is 2.20 bits per heavy atom. The molecule has 2 N–H and O–H groups in total. The van der Waals surface area contributed by atoms with Gasteiger partial charge in [-0.05, 0) is 23.1 Å². The summed E-state index contributed by atoms with van der Waals surface area (Å²) in [5, 5.41) is 0. The van der Waals surface area contributed by atoms with Crippen LogP contribution in [0, 0.1) is 0 Å². The van der Waals surface area contributed by atoms with Gasteiger partial charge in [-0.3, -0.25) is 4.79 Å². The number of nitrogens with two attached hydrogens (primary N) is 1. The van der Waals surface area contributed by atoms with Gasteiger partial charge in [0, 0.05) is 0 Å². The quantitative estimate of drug-likeness (QED) is 0.822. The molecule has 0 fully saturated rings. The van der Waals surface area contributed by atoms with E-state index < -0.39 is 5.91 Å². The van der Waals surface area contributed by atoms with E-state index in [0.29, 0.717) is 5.75 Å². The molecule has 0 saturated heterocycles. The van der Waals surface area contributed by atoms with Crippen molar-refractivity contribution in [2.45, 2.75) is 26.2 Å². The highest BCUT2D eigenvalue weighted by Crippen LogP contribution is 2.24. The van der Waals surface area contributed by atoms with Crippen LogP contribution in [0.4, 0.5) is 0 Å². The van der Waals surface area contributed by atoms with Crippen LogP contribution in [-0.2, 0) is 10.2 Å². The summed E-state index contributed by atoms with van der Waals surface area (Å²) in [5.74, 6) is 0.205. The maximum absolute atomic E-state index is 10.5. The second-order valence-electron chi connectivity index (χ2n) is 4.53. The molecule has 0 aromatic heterocycles. The summed E-state index contributed by atoms with van der Waals surface area (Å²) in [7, 11) is 0. The van der Waals surface area contributed by atoms with Crippen LogP contribution in [-0.4, -0.2) is 12.5 Å². The fourth-order valence-electron chi connectivity index (χ4n) is 1.21. The van der Waals surface area contributed by atoms with Crippen molar-refractivity contribution in [3.05, 3.63) is 29.8 Å². The van der Waals surface area contributed by atoms with Crippen LogP contribution in [0.25, 0.3) is 0 Å². The Morgan fingerprint density at radius 2 is 1.80 bits per heavy atom. The van der Waals surface area contributed by atoms with Crippen molar-refractivity contribution in [3.8, 4) is 5.75 Å². The number of ether oxygens (including phenoxy) is 1. The predicted octanol–water partition coefficient (Wildman–Crippen LogP) is 1.85. The molecule has 1 aromatic carbocycles. The fourth-order valence-corrected chi connectivity index (χ4v) is 1.21. The second kappa shape index (κ2) is 4.34. The molecule has 0 aliphatic carbocycles. The number of hydrogen-bond acceptors (Lipinski definition) is 2. The van der Waals surface area contributed by atoms with Crippen LogP contribution in [0.5, 0.6) is 5.75 Å². The summed E-state index contributed by atoms with van der Waals surface area (Å²) in [6.07, 6.45) is 0. The number of benzene rings is 1. The monoisotopic (exact) mass is 207 g/mol. The first kappa shape index (κ1) is 11.6. The van der Waals surface area contributed by atoms with E-state index in [-0.39, 0.29) is 12.0 Å². The van der Waals surface area contributed by atoms with Crippen molar-refractivity contribution < 1.29 is 9.53 Å². The minimum atomic E-state index is -0.463. The van der Waals surface area contributed by atoms with E-state index in [2.05, 4.69) is 20.8 Å². The molecule has 82 valence electrons. The van der Waals surface area contributed by atoms with Gasteiger partial charge in [0.25, 0.3) is 5.91 Å². The van der Waals surface area contributed by atoms with Crippen LogP contribution in [0.15, 0.2) is 24.3 Å². The third-order valence-electron chi connectivity index (χ3n) is 2.10. The molecule has 1 rings (SSSR count). The largest absolute Gasteiger partial charge is 0.484 e. The summed E-state index contributed by atoms with van der Waals surface area (Å²) < 4.78 is 5.16. The van der Waals surface area contributed by atoms with E-state index in [9.17, 15) is 4.79 Å². The summed E-state index contributed by atoms with van der Waals surface area (Å²) in [4.78, 5) is 10.5. The average molecular weight is 207 g/mol. The van der Waals surface area contributed by atoms with E-state index in [1.807, 2.05) is 24.3 Å². The van der Waals surface area contributed by atoms with Crippen molar-refractivity contribution in [2.75, 3.05) is 6.61 Å². The van der Waals surface area contributed by atoms with Crippen molar-refractivity contribution in [3.63, 3.8) is 0 Å². The number of rotatable bonds is 3. The van der Waals surface area contributed by atoms with Gasteiger partial charge in [-0.1, -0.05) is 32.9 Å². The summed E-state index contributed by atoms with van der Waals surface area (Å²) >= 11 is 0. The van der Waals surface area contributed by atoms with Crippen molar-refractivity contribution in [1.29, 1.82) is 0 Å². The van der Waals surface area contributed by atoms with E-state index in [1.54, 1.807) is 0 Å². The molecule has 0 aliphatic rings. The van der Waals surface area contributed by atoms with Gasteiger partial charge >= 0.3 is 0 Å². The third-order valence-corrected chi connectivity index (χ3v) is 2.10. The van der Waals surface area contributed by atoms with Crippen LogP contribution in [0.1, 0.15) is 26.3 Å². The van der Waals surface area contributed by atoms with Crippen molar-refractivity contribution in [1.82, 2.24) is 0 Å². The molecular formula is C12H17NO2. The molecule has 3 nitrogen and oxygen atoms in total. The van der Waals surface area contributed by atoms with Gasteiger partial charge in [0.1, 0.15) is 5.75 Å². The van der Waals surface area contributed by atoms with Gasteiger partial charge in [-0.2, -0.15) is 0 Å². The van der Waals surface area contributed by atoms with E-state index >= 15 is 0 Å². The van der Waals surface area contributed by atoms with Gasteiger partial charge in [0.05, 0.1) is 0 Å². The van der Waals surface area contributed by atoms with Crippen molar-refractivity contribution >= 4 is 5.91 Å². The Hall–Kier alpha value is -1.51. The first-order valence-corrected chi connectivity index (χ1v) is 4.91. The van der Waals surface area contributed by atoms with Gasteiger partial charge in [-0.15, -0.1) is 0 Å². The van der Waals surface area contributed by atoms with Gasteiger partial charge in [-0.25, -0.2) is 0 Å². The first-order chi connectivity index (χ1) is 6.89. The lowest BCUT2D eigenvalue weighted by molar-refractivity contribution is -0.119. The molecule has 0 unspecified atom stereocenters. The maximum atomic E-state index is 10.5. The first-order valence-electron chi connectivity index (χ1n) is 4.91. The highest BCUT2D eigenvalue weighted by atomic mass is 16.5. The standard InChI is InChI=1S/C12H17NO2/c1-12(2,3)9-4-6-10(7-5-9)15-8-11(13)14/h4-7H,8H2,1-3H3,(H2,13,14). The number of primary amides is 1. The molecule has 15 heavy (non-hydrogen) atoms. The zero-order chi connectivity index (χ0) is 11.5. The van der Waals surface area contributed by atoms with Crippen LogP contribution >= 0.6 is 0 Å². The Labute approximate surface area is 90.2 Å². The molecule has 0 heterocycles. The zero-order valence-corrected chi connectivity index (χ0v) is 9.41. The maximum Gasteiger partial charge on any atom is 0.255 e. The molecule has 1 aromatic rings. The number of carbonyl (C=O) groups is 1. The second-order valence-corrected chi connectivity index (χ2v) is 4.53. The zero-order valence-electron chi connectivity index (χ0n) is 9.41. The molecule has 1 amide bonds.